The van der Waals surface area contributed by atoms with Crippen LogP contribution in [0.25, 0.3) is 0 Å². The van der Waals surface area contributed by atoms with Crippen LogP contribution in [-0.2, 0) is 9.59 Å². The zero-order chi connectivity index (χ0) is 20.1. The van der Waals surface area contributed by atoms with Crippen LogP contribution in [-0.4, -0.2) is 38.5 Å². The molecule has 146 valence electrons. The molecule has 0 radical (unpaired) electrons. The molecule has 1 saturated heterocycles. The van der Waals surface area contributed by atoms with Crippen LogP contribution in [0.2, 0.25) is 0 Å². The summed E-state index contributed by atoms with van der Waals surface area (Å²) < 4.78 is 5.32. The van der Waals surface area contributed by atoms with Crippen molar-refractivity contribution in [3.8, 4) is 5.75 Å². The van der Waals surface area contributed by atoms with Crippen LogP contribution in [0.5, 0.6) is 5.75 Å². The van der Waals surface area contributed by atoms with Gasteiger partial charge in [0, 0.05) is 31.4 Å². The van der Waals surface area contributed by atoms with Gasteiger partial charge in [0.1, 0.15) is 5.75 Å². The van der Waals surface area contributed by atoms with Gasteiger partial charge >= 0.3 is 6.03 Å². The lowest BCUT2D eigenvalue weighted by Gasteiger charge is -2.19. The summed E-state index contributed by atoms with van der Waals surface area (Å²) in [7, 11) is 3.08. The maximum Gasteiger partial charge on any atom is 0.318 e. The Kier molecular flexibility index (Phi) is 5.78. The molecule has 28 heavy (non-hydrogen) atoms. The van der Waals surface area contributed by atoms with Gasteiger partial charge in [0.25, 0.3) is 0 Å². The van der Waals surface area contributed by atoms with Gasteiger partial charge in [-0.15, -0.1) is 0 Å². The van der Waals surface area contributed by atoms with E-state index in [0.717, 1.165) is 0 Å². The summed E-state index contributed by atoms with van der Waals surface area (Å²) in [4.78, 5) is 37.9. The highest BCUT2D eigenvalue weighted by Gasteiger charge is 2.36. The number of nitrogens with zero attached hydrogens (tertiary/aromatic N) is 1. The summed E-state index contributed by atoms with van der Waals surface area (Å²) in [6.07, 6.45) is 0.139. The molecule has 0 saturated carbocycles. The van der Waals surface area contributed by atoms with Crippen molar-refractivity contribution in [3.63, 3.8) is 0 Å². The Balaban J connectivity index is 1.64. The number of methoxy groups -OCH3 is 1. The average Bonchev–Trinajstić information content (AvgIpc) is 3.11. The second-order valence-electron chi connectivity index (χ2n) is 6.35. The molecule has 8 nitrogen and oxygen atoms in total. The monoisotopic (exact) mass is 382 g/mol. The minimum atomic E-state index is -0.457. The summed E-state index contributed by atoms with van der Waals surface area (Å²) in [5.41, 5.74) is 1.86. The van der Waals surface area contributed by atoms with Crippen molar-refractivity contribution >= 4 is 34.9 Å². The highest BCUT2D eigenvalue weighted by Crippen LogP contribution is 2.33. The Morgan fingerprint density at radius 1 is 1.04 bits per heavy atom. The van der Waals surface area contributed by atoms with Crippen LogP contribution < -0.4 is 25.6 Å². The number of para-hydroxylation sites is 2. The first-order chi connectivity index (χ1) is 13.5. The average molecular weight is 382 g/mol. The van der Waals surface area contributed by atoms with Gasteiger partial charge in [-0.1, -0.05) is 12.1 Å². The van der Waals surface area contributed by atoms with E-state index in [1.807, 2.05) is 12.1 Å². The smallest absolute Gasteiger partial charge is 0.318 e. The number of anilines is 3. The number of carbonyl (C=O) groups is 3. The number of benzene rings is 2. The van der Waals surface area contributed by atoms with Crippen molar-refractivity contribution in [2.24, 2.45) is 5.92 Å². The van der Waals surface area contributed by atoms with E-state index in [9.17, 15) is 14.4 Å². The lowest BCUT2D eigenvalue weighted by Crippen LogP contribution is -2.28. The van der Waals surface area contributed by atoms with E-state index in [-0.39, 0.29) is 24.3 Å². The van der Waals surface area contributed by atoms with Gasteiger partial charge in [-0.3, -0.25) is 9.59 Å². The summed E-state index contributed by atoms with van der Waals surface area (Å²) in [5, 5.41) is 7.93. The maximum atomic E-state index is 12.6. The van der Waals surface area contributed by atoms with Crippen LogP contribution in [0, 0.1) is 5.92 Å². The molecule has 0 spiro atoms. The molecular formula is C20H22N4O4. The molecule has 0 bridgehead atoms. The van der Waals surface area contributed by atoms with E-state index < -0.39 is 5.92 Å². The Morgan fingerprint density at radius 2 is 1.68 bits per heavy atom. The Labute approximate surface area is 162 Å². The van der Waals surface area contributed by atoms with Gasteiger partial charge in [0.2, 0.25) is 11.8 Å². The number of nitrogens with one attached hydrogen (secondary N) is 3. The van der Waals surface area contributed by atoms with Gasteiger partial charge < -0.3 is 25.6 Å². The predicted molar refractivity (Wildman–Crippen MR) is 107 cm³/mol. The molecular weight excluding hydrogens is 360 g/mol. The van der Waals surface area contributed by atoms with Gasteiger partial charge in [0.15, 0.2) is 0 Å². The first kappa shape index (κ1) is 19.2. The predicted octanol–water partition coefficient (Wildman–Crippen LogP) is 2.44. The van der Waals surface area contributed by atoms with Crippen molar-refractivity contribution in [2.75, 3.05) is 36.2 Å². The lowest BCUT2D eigenvalue weighted by atomic mass is 10.1. The molecule has 1 heterocycles. The fourth-order valence-electron chi connectivity index (χ4n) is 3.04. The van der Waals surface area contributed by atoms with Crippen LogP contribution in [0.4, 0.5) is 21.9 Å². The molecule has 2 aromatic rings. The topological polar surface area (TPSA) is 99.8 Å². The number of amides is 4. The van der Waals surface area contributed by atoms with E-state index >= 15 is 0 Å². The molecule has 1 aliphatic rings. The van der Waals surface area contributed by atoms with Crippen LogP contribution in [0.15, 0.2) is 48.5 Å². The molecule has 3 N–H and O–H groups in total. The highest BCUT2D eigenvalue weighted by atomic mass is 16.5. The molecule has 3 rings (SSSR count). The van der Waals surface area contributed by atoms with Gasteiger partial charge in [-0.2, -0.15) is 0 Å². The molecule has 2 aromatic carbocycles. The van der Waals surface area contributed by atoms with Crippen molar-refractivity contribution in [1.29, 1.82) is 0 Å². The Bertz CT molecular complexity index is 882. The number of carbonyl (C=O) groups excluding carboxylic acids is 3. The SMILES string of the molecule is CNC(=O)Nc1ccc(NC(=O)C2CC(=O)N(c3ccccc3OC)C2)cc1. The fourth-order valence-corrected chi connectivity index (χ4v) is 3.04. The van der Waals surface area contributed by atoms with Crippen LogP contribution in [0.3, 0.4) is 0 Å². The van der Waals surface area contributed by atoms with Gasteiger partial charge in [-0.25, -0.2) is 4.79 Å². The molecule has 1 fully saturated rings. The van der Waals surface area contributed by atoms with Gasteiger partial charge in [0.05, 0.1) is 18.7 Å². The van der Waals surface area contributed by atoms with E-state index in [4.69, 9.17) is 4.74 Å². The summed E-state index contributed by atoms with van der Waals surface area (Å²) in [6, 6.07) is 13.7. The number of hydrogen-bond donors (Lipinski definition) is 3. The van der Waals surface area contributed by atoms with Gasteiger partial charge in [-0.05, 0) is 36.4 Å². The third-order valence-electron chi connectivity index (χ3n) is 4.51. The molecule has 0 aromatic heterocycles. The van der Waals surface area contributed by atoms with Crippen molar-refractivity contribution in [2.45, 2.75) is 6.42 Å². The largest absolute Gasteiger partial charge is 0.495 e. The molecule has 1 unspecified atom stereocenters. The Hall–Kier alpha value is -3.55. The lowest BCUT2D eigenvalue weighted by molar-refractivity contribution is -0.122. The second-order valence-corrected chi connectivity index (χ2v) is 6.35. The minimum Gasteiger partial charge on any atom is -0.495 e. The normalized spacial score (nSPS) is 15.9. The van der Waals surface area contributed by atoms with Crippen molar-refractivity contribution < 1.29 is 19.1 Å². The molecule has 8 heteroatoms. The quantitative estimate of drug-likeness (QED) is 0.739. The molecule has 4 amide bonds. The van der Waals surface area contributed by atoms with Crippen molar-refractivity contribution in [3.05, 3.63) is 48.5 Å². The molecule has 0 aliphatic carbocycles. The second kappa shape index (κ2) is 8.43. The fraction of sp³-hybridized carbons (Fsp3) is 0.250. The van der Waals surface area contributed by atoms with Crippen molar-refractivity contribution in [1.82, 2.24) is 5.32 Å². The van der Waals surface area contributed by atoms with E-state index in [2.05, 4.69) is 16.0 Å². The van der Waals surface area contributed by atoms with E-state index in [1.165, 1.54) is 7.05 Å². The number of hydrogen-bond acceptors (Lipinski definition) is 4. The molecule has 1 atom stereocenters. The minimum absolute atomic E-state index is 0.116. The zero-order valence-electron chi connectivity index (χ0n) is 15.7. The molecule has 1 aliphatic heterocycles. The maximum absolute atomic E-state index is 12.6. The van der Waals surface area contributed by atoms with Crippen LogP contribution in [0.1, 0.15) is 6.42 Å². The number of urea groups is 1. The number of rotatable bonds is 5. The Morgan fingerprint density at radius 3 is 2.32 bits per heavy atom. The first-order valence-electron chi connectivity index (χ1n) is 8.85. The standard InChI is InChI=1S/C20H22N4O4/c1-21-20(27)23-15-9-7-14(8-10-15)22-19(26)13-11-18(25)24(12-13)16-5-3-4-6-17(16)28-2/h3-10,13H,11-12H2,1-2H3,(H,22,26)(H2,21,23,27). The number of ether oxygens (including phenoxy) is 1. The third kappa shape index (κ3) is 4.22. The first-order valence-corrected chi connectivity index (χ1v) is 8.85. The third-order valence-corrected chi connectivity index (χ3v) is 4.51. The highest BCUT2D eigenvalue weighted by molar-refractivity contribution is 6.04. The van der Waals surface area contributed by atoms with Crippen LogP contribution >= 0.6 is 0 Å². The zero-order valence-corrected chi connectivity index (χ0v) is 15.7. The summed E-state index contributed by atoms with van der Waals surface area (Å²) >= 11 is 0. The van der Waals surface area contributed by atoms with E-state index in [0.29, 0.717) is 29.4 Å². The van der Waals surface area contributed by atoms with E-state index in [1.54, 1.807) is 48.4 Å². The summed E-state index contributed by atoms with van der Waals surface area (Å²) in [5.74, 6) is -0.204. The summed E-state index contributed by atoms with van der Waals surface area (Å²) in [6.45, 7) is 0.293.